The molecule has 0 saturated carbocycles. The molecule has 4 nitrogen and oxygen atoms in total. The van der Waals surface area contributed by atoms with E-state index in [2.05, 4.69) is 16.9 Å². The van der Waals surface area contributed by atoms with Crippen molar-refractivity contribution >= 4 is 16.8 Å². The van der Waals surface area contributed by atoms with Gasteiger partial charge in [0, 0.05) is 42.3 Å². The number of carbonyl (C=O) groups is 1. The molecule has 23 heavy (non-hydrogen) atoms. The lowest BCUT2D eigenvalue weighted by Crippen LogP contribution is -2.34. The molecule has 0 spiro atoms. The molecule has 2 heterocycles. The maximum absolute atomic E-state index is 12.8. The van der Waals surface area contributed by atoms with E-state index in [0.717, 1.165) is 36.0 Å². The summed E-state index contributed by atoms with van der Waals surface area (Å²) in [6.07, 6.45) is 3.50. The van der Waals surface area contributed by atoms with Gasteiger partial charge in [0.25, 0.3) is 5.91 Å². The second-order valence-corrected chi connectivity index (χ2v) is 5.63. The van der Waals surface area contributed by atoms with Gasteiger partial charge >= 0.3 is 0 Å². The number of benzene rings is 1. The van der Waals surface area contributed by atoms with Crippen molar-refractivity contribution in [2.45, 2.75) is 19.8 Å². The van der Waals surface area contributed by atoms with Crippen LogP contribution in [0.2, 0.25) is 0 Å². The summed E-state index contributed by atoms with van der Waals surface area (Å²) in [6.45, 7) is 3.52. The third kappa shape index (κ3) is 3.59. The molecule has 0 unspecified atom stereocenters. The highest BCUT2D eigenvalue weighted by Crippen LogP contribution is 2.16. The summed E-state index contributed by atoms with van der Waals surface area (Å²) in [5.74, 6) is 0.0546. The van der Waals surface area contributed by atoms with Crippen molar-refractivity contribution < 1.29 is 4.79 Å². The fourth-order valence-electron chi connectivity index (χ4n) is 2.74. The first-order valence-corrected chi connectivity index (χ1v) is 8.05. The molecule has 1 amide bonds. The van der Waals surface area contributed by atoms with Crippen molar-refractivity contribution in [2.75, 3.05) is 13.1 Å². The number of hydrogen-bond donors (Lipinski definition) is 1. The van der Waals surface area contributed by atoms with Crippen LogP contribution in [0, 0.1) is 0 Å². The lowest BCUT2D eigenvalue weighted by atomic mass is 10.2. The number of nitrogens with zero attached hydrogens (tertiary/aromatic N) is 2. The summed E-state index contributed by atoms with van der Waals surface area (Å²) in [4.78, 5) is 22.3. The zero-order valence-corrected chi connectivity index (χ0v) is 13.3. The number of pyridine rings is 1. The number of nitrogens with one attached hydrogen (secondary N) is 1. The number of amides is 1. The molecule has 0 fully saturated rings. The van der Waals surface area contributed by atoms with E-state index in [1.807, 2.05) is 53.4 Å². The van der Waals surface area contributed by atoms with E-state index in [1.165, 1.54) is 0 Å². The zero-order chi connectivity index (χ0) is 16.1. The molecule has 0 atom stereocenters. The van der Waals surface area contributed by atoms with E-state index in [4.69, 9.17) is 0 Å². The van der Waals surface area contributed by atoms with Crippen molar-refractivity contribution in [2.24, 2.45) is 0 Å². The maximum atomic E-state index is 12.8. The van der Waals surface area contributed by atoms with Gasteiger partial charge in [-0.3, -0.25) is 9.78 Å². The van der Waals surface area contributed by atoms with Crippen LogP contribution in [-0.2, 0) is 6.42 Å². The number of aromatic amines is 1. The highest BCUT2D eigenvalue weighted by Gasteiger charge is 2.17. The highest BCUT2D eigenvalue weighted by molar-refractivity contribution is 5.98. The second kappa shape index (κ2) is 7.09. The van der Waals surface area contributed by atoms with Crippen LogP contribution in [0.1, 0.15) is 29.5 Å². The topological polar surface area (TPSA) is 49.0 Å². The third-order valence-electron chi connectivity index (χ3n) is 3.91. The van der Waals surface area contributed by atoms with Crippen molar-refractivity contribution in [1.82, 2.24) is 14.9 Å². The monoisotopic (exact) mass is 307 g/mol. The fourth-order valence-corrected chi connectivity index (χ4v) is 2.74. The van der Waals surface area contributed by atoms with Gasteiger partial charge in [0.05, 0.1) is 0 Å². The van der Waals surface area contributed by atoms with Crippen molar-refractivity contribution in [3.05, 3.63) is 66.1 Å². The summed E-state index contributed by atoms with van der Waals surface area (Å²) in [5.41, 5.74) is 2.66. The Morgan fingerprint density at radius 1 is 1.13 bits per heavy atom. The molecular weight excluding hydrogens is 286 g/mol. The van der Waals surface area contributed by atoms with Crippen LogP contribution in [0.15, 0.2) is 54.7 Å². The standard InChI is InChI=1S/C19H21N3O/c1-2-12-22(13-10-16-8-5-6-11-20-16)19(23)18-14-15-7-3-4-9-17(15)21-18/h3-9,11,14,21H,2,10,12-13H2,1H3. The summed E-state index contributed by atoms with van der Waals surface area (Å²) < 4.78 is 0. The van der Waals surface area contributed by atoms with Gasteiger partial charge in [-0.1, -0.05) is 31.2 Å². The van der Waals surface area contributed by atoms with Gasteiger partial charge in [-0.15, -0.1) is 0 Å². The molecule has 0 radical (unpaired) electrons. The third-order valence-corrected chi connectivity index (χ3v) is 3.91. The molecule has 3 aromatic rings. The first kappa shape index (κ1) is 15.3. The quantitative estimate of drug-likeness (QED) is 0.755. The van der Waals surface area contributed by atoms with E-state index in [-0.39, 0.29) is 5.91 Å². The minimum absolute atomic E-state index is 0.0546. The van der Waals surface area contributed by atoms with Crippen LogP contribution in [0.5, 0.6) is 0 Å². The molecule has 1 N–H and O–H groups in total. The van der Waals surface area contributed by atoms with E-state index in [1.54, 1.807) is 6.20 Å². The van der Waals surface area contributed by atoms with Crippen LogP contribution in [-0.4, -0.2) is 33.9 Å². The van der Waals surface area contributed by atoms with Crippen LogP contribution in [0.4, 0.5) is 0 Å². The summed E-state index contributed by atoms with van der Waals surface area (Å²) in [7, 11) is 0. The number of hydrogen-bond acceptors (Lipinski definition) is 2. The smallest absolute Gasteiger partial charge is 0.270 e. The minimum Gasteiger partial charge on any atom is -0.351 e. The SMILES string of the molecule is CCCN(CCc1ccccn1)C(=O)c1cc2ccccc2[nH]1. The lowest BCUT2D eigenvalue weighted by Gasteiger charge is -2.21. The van der Waals surface area contributed by atoms with Crippen LogP contribution in [0.25, 0.3) is 10.9 Å². The van der Waals surface area contributed by atoms with E-state index in [9.17, 15) is 4.79 Å². The molecule has 118 valence electrons. The van der Waals surface area contributed by atoms with Crippen molar-refractivity contribution in [1.29, 1.82) is 0 Å². The van der Waals surface area contributed by atoms with Gasteiger partial charge in [0.2, 0.25) is 0 Å². The first-order valence-electron chi connectivity index (χ1n) is 8.05. The molecule has 0 bridgehead atoms. The average Bonchev–Trinajstić information content (AvgIpc) is 3.03. The summed E-state index contributed by atoms with van der Waals surface area (Å²) >= 11 is 0. The van der Waals surface area contributed by atoms with Gasteiger partial charge in [-0.2, -0.15) is 0 Å². The molecule has 2 aromatic heterocycles. The highest BCUT2D eigenvalue weighted by atomic mass is 16.2. The number of fused-ring (bicyclic) bond motifs is 1. The number of carbonyl (C=O) groups excluding carboxylic acids is 1. The molecule has 0 aliphatic heterocycles. The molecule has 0 aliphatic rings. The zero-order valence-electron chi connectivity index (χ0n) is 13.3. The van der Waals surface area contributed by atoms with Gasteiger partial charge < -0.3 is 9.88 Å². The Bertz CT molecular complexity index is 746. The Morgan fingerprint density at radius 3 is 2.70 bits per heavy atom. The van der Waals surface area contributed by atoms with Crippen molar-refractivity contribution in [3.8, 4) is 0 Å². The van der Waals surface area contributed by atoms with Gasteiger partial charge in [-0.05, 0) is 30.7 Å². The van der Waals surface area contributed by atoms with Crippen LogP contribution < -0.4 is 0 Å². The Labute approximate surface area is 136 Å². The second-order valence-electron chi connectivity index (χ2n) is 5.63. The van der Waals surface area contributed by atoms with Gasteiger partial charge in [-0.25, -0.2) is 0 Å². The van der Waals surface area contributed by atoms with Crippen LogP contribution >= 0.6 is 0 Å². The van der Waals surface area contributed by atoms with E-state index >= 15 is 0 Å². The van der Waals surface area contributed by atoms with Crippen molar-refractivity contribution in [3.63, 3.8) is 0 Å². The Kier molecular flexibility index (Phi) is 4.71. The largest absolute Gasteiger partial charge is 0.351 e. The maximum Gasteiger partial charge on any atom is 0.270 e. The summed E-state index contributed by atoms with van der Waals surface area (Å²) in [5, 5.41) is 1.07. The van der Waals surface area contributed by atoms with Gasteiger partial charge in [0.1, 0.15) is 5.69 Å². The molecule has 0 aliphatic carbocycles. The number of aromatic nitrogens is 2. The molecule has 3 rings (SSSR count). The predicted octanol–water partition coefficient (Wildman–Crippen LogP) is 3.66. The summed E-state index contributed by atoms with van der Waals surface area (Å²) in [6, 6.07) is 15.8. The molecule has 4 heteroatoms. The number of rotatable bonds is 6. The Morgan fingerprint density at radius 2 is 1.96 bits per heavy atom. The number of H-pyrrole nitrogens is 1. The predicted molar refractivity (Wildman–Crippen MR) is 92.4 cm³/mol. The molecule has 0 saturated heterocycles. The molecular formula is C19H21N3O. The molecule has 1 aromatic carbocycles. The Hall–Kier alpha value is -2.62. The average molecular weight is 307 g/mol. The van der Waals surface area contributed by atoms with Crippen LogP contribution in [0.3, 0.4) is 0 Å². The lowest BCUT2D eigenvalue weighted by molar-refractivity contribution is 0.0752. The first-order chi connectivity index (χ1) is 11.3. The fraction of sp³-hybridized carbons (Fsp3) is 0.263. The number of para-hydroxylation sites is 1. The van der Waals surface area contributed by atoms with E-state index in [0.29, 0.717) is 12.2 Å². The minimum atomic E-state index is 0.0546. The van der Waals surface area contributed by atoms with Gasteiger partial charge in [0.15, 0.2) is 0 Å². The van der Waals surface area contributed by atoms with E-state index < -0.39 is 0 Å². The Balaban J connectivity index is 1.75. The normalized spacial score (nSPS) is 10.8.